The average molecular weight is 355 g/mol. The summed E-state index contributed by atoms with van der Waals surface area (Å²) in [6.07, 6.45) is 1.55. The summed E-state index contributed by atoms with van der Waals surface area (Å²) in [6.45, 7) is 2.43. The number of aromatic nitrogens is 4. The summed E-state index contributed by atoms with van der Waals surface area (Å²) in [5, 5.41) is 15.6. The first kappa shape index (κ1) is 15.3. The second-order valence-corrected chi connectivity index (χ2v) is 5.97. The summed E-state index contributed by atoms with van der Waals surface area (Å²) in [5.41, 5.74) is 0.489. The maximum Gasteiger partial charge on any atom is 0.257 e. The Morgan fingerprint density at radius 3 is 3.04 bits per heavy atom. The van der Waals surface area contributed by atoms with Gasteiger partial charge < -0.3 is 9.15 Å². The highest BCUT2D eigenvalue weighted by atomic mass is 32.1. The molecule has 0 fully saturated rings. The number of anilines is 1. The van der Waals surface area contributed by atoms with Crippen LogP contribution in [-0.4, -0.2) is 32.3 Å². The van der Waals surface area contributed by atoms with E-state index >= 15 is 0 Å². The van der Waals surface area contributed by atoms with Gasteiger partial charge in [-0.3, -0.25) is 10.1 Å². The van der Waals surface area contributed by atoms with E-state index in [4.69, 9.17) is 9.15 Å². The molecule has 0 atom stereocenters. The Bertz CT molecular complexity index is 1020. The molecule has 1 aromatic carbocycles. The van der Waals surface area contributed by atoms with E-state index in [0.29, 0.717) is 39.6 Å². The van der Waals surface area contributed by atoms with Gasteiger partial charge in [0.05, 0.1) is 12.9 Å². The van der Waals surface area contributed by atoms with Gasteiger partial charge in [0.25, 0.3) is 5.91 Å². The maximum atomic E-state index is 12.4. The maximum absolute atomic E-state index is 12.4. The summed E-state index contributed by atoms with van der Waals surface area (Å²) >= 11 is 1.23. The third-order valence-electron chi connectivity index (χ3n) is 3.36. The second kappa shape index (κ2) is 6.36. The number of fused-ring (bicyclic) bond motifs is 1. The summed E-state index contributed by atoms with van der Waals surface area (Å²) < 4.78 is 12.3. The zero-order chi connectivity index (χ0) is 17.2. The lowest BCUT2D eigenvalue weighted by atomic mass is 10.2. The molecule has 126 valence electrons. The summed E-state index contributed by atoms with van der Waals surface area (Å²) in [6, 6.07) is 10.5. The third kappa shape index (κ3) is 2.96. The molecule has 0 bridgehead atoms. The smallest absolute Gasteiger partial charge is 0.257 e. The van der Waals surface area contributed by atoms with E-state index in [9.17, 15) is 4.79 Å². The molecule has 3 heterocycles. The Balaban J connectivity index is 1.58. The number of carbonyl (C=O) groups is 1. The molecule has 0 radical (unpaired) electrons. The number of ether oxygens (including phenoxy) is 1. The molecule has 8 nitrogen and oxygen atoms in total. The molecule has 0 aliphatic rings. The lowest BCUT2D eigenvalue weighted by Gasteiger charge is -2.05. The van der Waals surface area contributed by atoms with Crippen LogP contribution in [-0.2, 0) is 0 Å². The van der Waals surface area contributed by atoms with Crippen molar-refractivity contribution >= 4 is 27.3 Å². The van der Waals surface area contributed by atoms with E-state index in [2.05, 4.69) is 20.6 Å². The molecule has 0 unspecified atom stereocenters. The van der Waals surface area contributed by atoms with Crippen LogP contribution in [0.25, 0.3) is 16.5 Å². The van der Waals surface area contributed by atoms with Crippen molar-refractivity contribution in [2.45, 2.75) is 6.92 Å². The molecule has 1 amide bonds. The van der Waals surface area contributed by atoms with Crippen LogP contribution in [0.2, 0.25) is 0 Å². The third-order valence-corrected chi connectivity index (χ3v) is 4.17. The molecule has 3 aromatic heterocycles. The van der Waals surface area contributed by atoms with Crippen molar-refractivity contribution in [2.75, 3.05) is 11.9 Å². The summed E-state index contributed by atoms with van der Waals surface area (Å²) in [5.74, 6) is 1.41. The van der Waals surface area contributed by atoms with Gasteiger partial charge >= 0.3 is 0 Å². The minimum absolute atomic E-state index is 0.272. The highest BCUT2D eigenvalue weighted by Crippen LogP contribution is 2.25. The summed E-state index contributed by atoms with van der Waals surface area (Å²) in [4.78, 5) is 13.0. The SMILES string of the molecule is CCOc1cccc(C(=O)Nc2nn3c(-c4ccco4)nnc3s2)c1. The van der Waals surface area contributed by atoms with E-state index in [1.807, 2.05) is 6.92 Å². The number of carbonyl (C=O) groups excluding carboxylic acids is 1. The molecule has 0 spiro atoms. The molecule has 1 N–H and O–H groups in total. The van der Waals surface area contributed by atoms with Gasteiger partial charge in [-0.25, -0.2) is 0 Å². The van der Waals surface area contributed by atoms with E-state index in [-0.39, 0.29) is 5.91 Å². The van der Waals surface area contributed by atoms with Crippen LogP contribution >= 0.6 is 11.3 Å². The van der Waals surface area contributed by atoms with Gasteiger partial charge in [-0.05, 0) is 37.3 Å². The van der Waals surface area contributed by atoms with Crippen LogP contribution in [0.4, 0.5) is 5.13 Å². The molecule has 0 saturated heterocycles. The van der Waals surface area contributed by atoms with Crippen molar-refractivity contribution in [2.24, 2.45) is 0 Å². The van der Waals surface area contributed by atoms with Crippen molar-refractivity contribution in [3.8, 4) is 17.3 Å². The number of furan rings is 1. The van der Waals surface area contributed by atoms with Crippen LogP contribution in [0.15, 0.2) is 47.1 Å². The van der Waals surface area contributed by atoms with Crippen LogP contribution in [0, 0.1) is 0 Å². The standard InChI is InChI=1S/C16H13N5O3S/c1-2-23-11-6-3-5-10(9-11)14(22)17-15-20-21-13(12-7-4-8-24-12)18-19-16(21)25-15/h3-9H,2H2,1H3,(H,17,20,22). The Kier molecular flexibility index (Phi) is 3.90. The van der Waals surface area contributed by atoms with Crippen molar-refractivity contribution in [1.29, 1.82) is 0 Å². The number of hydrogen-bond donors (Lipinski definition) is 1. The van der Waals surface area contributed by atoms with Gasteiger partial charge in [0, 0.05) is 5.56 Å². The molecule has 0 aliphatic heterocycles. The first-order valence-electron chi connectivity index (χ1n) is 7.55. The zero-order valence-corrected chi connectivity index (χ0v) is 14.0. The van der Waals surface area contributed by atoms with Crippen LogP contribution in [0.5, 0.6) is 5.75 Å². The summed E-state index contributed by atoms with van der Waals surface area (Å²) in [7, 11) is 0. The molecule has 9 heteroatoms. The number of nitrogens with zero attached hydrogens (tertiary/aromatic N) is 4. The molecular formula is C16H13N5O3S. The Morgan fingerprint density at radius 2 is 2.24 bits per heavy atom. The number of rotatable bonds is 5. The zero-order valence-electron chi connectivity index (χ0n) is 13.2. The lowest BCUT2D eigenvalue weighted by Crippen LogP contribution is -2.12. The Morgan fingerprint density at radius 1 is 1.32 bits per heavy atom. The lowest BCUT2D eigenvalue weighted by molar-refractivity contribution is 0.102. The topological polar surface area (TPSA) is 94.5 Å². The van der Waals surface area contributed by atoms with Gasteiger partial charge in [0.2, 0.25) is 15.9 Å². The van der Waals surface area contributed by atoms with Gasteiger partial charge in [-0.2, -0.15) is 4.52 Å². The number of hydrogen-bond acceptors (Lipinski definition) is 7. The van der Waals surface area contributed by atoms with E-state index in [0.717, 1.165) is 0 Å². The number of nitrogens with one attached hydrogen (secondary N) is 1. The number of amides is 1. The molecule has 0 saturated carbocycles. The van der Waals surface area contributed by atoms with Crippen molar-refractivity contribution in [3.63, 3.8) is 0 Å². The van der Waals surface area contributed by atoms with E-state index < -0.39 is 0 Å². The molecule has 4 rings (SSSR count). The molecule has 25 heavy (non-hydrogen) atoms. The highest BCUT2D eigenvalue weighted by Gasteiger charge is 2.17. The second-order valence-electron chi connectivity index (χ2n) is 5.02. The van der Waals surface area contributed by atoms with Gasteiger partial charge in [-0.1, -0.05) is 17.4 Å². The van der Waals surface area contributed by atoms with Crippen LogP contribution < -0.4 is 10.1 Å². The van der Waals surface area contributed by atoms with Crippen molar-refractivity contribution < 1.29 is 13.9 Å². The van der Waals surface area contributed by atoms with E-state index in [1.165, 1.54) is 15.9 Å². The molecular weight excluding hydrogens is 342 g/mol. The highest BCUT2D eigenvalue weighted by molar-refractivity contribution is 7.20. The fraction of sp³-hybridized carbons (Fsp3) is 0.125. The fourth-order valence-corrected chi connectivity index (χ4v) is 3.02. The predicted octanol–water partition coefficient (Wildman–Crippen LogP) is 3.10. The van der Waals surface area contributed by atoms with Crippen molar-refractivity contribution in [3.05, 3.63) is 48.2 Å². The largest absolute Gasteiger partial charge is 0.494 e. The number of benzene rings is 1. The van der Waals surface area contributed by atoms with Crippen molar-refractivity contribution in [1.82, 2.24) is 19.8 Å². The monoisotopic (exact) mass is 355 g/mol. The molecule has 4 aromatic rings. The van der Waals surface area contributed by atoms with Gasteiger partial charge in [0.1, 0.15) is 5.75 Å². The normalized spacial score (nSPS) is 10.9. The first-order valence-corrected chi connectivity index (χ1v) is 8.36. The Hall–Kier alpha value is -3.20. The van der Waals surface area contributed by atoms with Gasteiger partial charge in [0.15, 0.2) is 5.76 Å². The van der Waals surface area contributed by atoms with E-state index in [1.54, 1.807) is 42.7 Å². The molecule has 0 aliphatic carbocycles. The minimum atomic E-state index is -0.272. The minimum Gasteiger partial charge on any atom is -0.494 e. The Labute approximate surface area is 146 Å². The predicted molar refractivity (Wildman–Crippen MR) is 91.9 cm³/mol. The van der Waals surface area contributed by atoms with Crippen LogP contribution in [0.1, 0.15) is 17.3 Å². The fourth-order valence-electron chi connectivity index (χ4n) is 2.29. The average Bonchev–Trinajstić information content (AvgIpc) is 3.32. The first-order chi connectivity index (χ1) is 12.2. The van der Waals surface area contributed by atoms with Gasteiger partial charge in [-0.15, -0.1) is 15.3 Å². The quantitative estimate of drug-likeness (QED) is 0.591. The van der Waals surface area contributed by atoms with Crippen LogP contribution in [0.3, 0.4) is 0 Å².